The van der Waals surface area contributed by atoms with Crippen molar-refractivity contribution < 1.29 is 0 Å². The molecule has 18 heavy (non-hydrogen) atoms. The zero-order valence-corrected chi connectivity index (χ0v) is 10.2. The standard InChI is InChI=1S/C17H15N/c1-2-5-14(6-3-1)8-9-15-10-11-17-16(13-15)7-4-12-18-17/h1-7,10-13H,8-9H2. The summed E-state index contributed by atoms with van der Waals surface area (Å²) in [6.07, 6.45) is 4.01. The van der Waals surface area contributed by atoms with Gasteiger partial charge in [0, 0.05) is 11.6 Å². The molecular formula is C17H15N. The topological polar surface area (TPSA) is 12.9 Å². The summed E-state index contributed by atoms with van der Waals surface area (Å²) in [7, 11) is 0. The van der Waals surface area contributed by atoms with Gasteiger partial charge in [0.15, 0.2) is 0 Å². The second-order valence-corrected chi connectivity index (χ2v) is 4.52. The largest absolute Gasteiger partial charge is 0.256 e. The summed E-state index contributed by atoms with van der Waals surface area (Å²) < 4.78 is 0. The molecule has 0 bridgehead atoms. The Labute approximate surface area is 107 Å². The molecule has 0 unspecified atom stereocenters. The van der Waals surface area contributed by atoms with Crippen LogP contribution >= 0.6 is 0 Å². The molecule has 3 aromatic rings. The molecule has 0 aliphatic heterocycles. The van der Waals surface area contributed by atoms with E-state index < -0.39 is 0 Å². The lowest BCUT2D eigenvalue weighted by molar-refractivity contribution is 0.962. The van der Waals surface area contributed by atoms with Crippen LogP contribution in [0.25, 0.3) is 10.9 Å². The van der Waals surface area contributed by atoms with Gasteiger partial charge in [-0.3, -0.25) is 4.98 Å². The van der Waals surface area contributed by atoms with E-state index in [9.17, 15) is 0 Å². The molecule has 0 N–H and O–H groups in total. The molecule has 1 heterocycles. The first kappa shape index (κ1) is 11.0. The summed E-state index contributed by atoms with van der Waals surface area (Å²) in [5.74, 6) is 0. The number of rotatable bonds is 3. The fraction of sp³-hybridized carbons (Fsp3) is 0.118. The highest BCUT2D eigenvalue weighted by Gasteiger charge is 1.98. The van der Waals surface area contributed by atoms with Crippen molar-refractivity contribution in [1.82, 2.24) is 4.98 Å². The molecular weight excluding hydrogens is 218 g/mol. The van der Waals surface area contributed by atoms with Gasteiger partial charge in [0.05, 0.1) is 5.52 Å². The molecule has 1 nitrogen and oxygen atoms in total. The van der Waals surface area contributed by atoms with E-state index in [-0.39, 0.29) is 0 Å². The summed E-state index contributed by atoms with van der Waals surface area (Å²) >= 11 is 0. The highest BCUT2D eigenvalue weighted by atomic mass is 14.6. The first-order valence-corrected chi connectivity index (χ1v) is 6.29. The molecule has 1 aromatic heterocycles. The van der Waals surface area contributed by atoms with E-state index in [1.807, 2.05) is 12.3 Å². The minimum atomic E-state index is 1.07. The molecule has 1 heteroatoms. The van der Waals surface area contributed by atoms with Crippen molar-refractivity contribution in [3.63, 3.8) is 0 Å². The van der Waals surface area contributed by atoms with Crippen molar-refractivity contribution in [2.75, 3.05) is 0 Å². The normalized spacial score (nSPS) is 10.7. The van der Waals surface area contributed by atoms with Gasteiger partial charge in [-0.25, -0.2) is 0 Å². The van der Waals surface area contributed by atoms with Gasteiger partial charge in [-0.2, -0.15) is 0 Å². The Morgan fingerprint density at radius 1 is 0.722 bits per heavy atom. The molecule has 0 fully saturated rings. The third-order valence-electron chi connectivity index (χ3n) is 3.21. The lowest BCUT2D eigenvalue weighted by atomic mass is 10.0. The number of fused-ring (bicyclic) bond motifs is 1. The number of nitrogens with zero attached hydrogens (tertiary/aromatic N) is 1. The minimum absolute atomic E-state index is 1.07. The van der Waals surface area contributed by atoms with E-state index in [4.69, 9.17) is 0 Å². The average molecular weight is 233 g/mol. The van der Waals surface area contributed by atoms with E-state index in [1.165, 1.54) is 16.5 Å². The molecule has 0 aliphatic carbocycles. The Morgan fingerprint density at radius 3 is 2.44 bits per heavy atom. The van der Waals surface area contributed by atoms with Gasteiger partial charge in [0.25, 0.3) is 0 Å². The van der Waals surface area contributed by atoms with Crippen molar-refractivity contribution in [1.29, 1.82) is 0 Å². The maximum Gasteiger partial charge on any atom is 0.0702 e. The summed E-state index contributed by atoms with van der Waals surface area (Å²) in [5, 5.41) is 1.23. The van der Waals surface area contributed by atoms with Crippen LogP contribution in [-0.2, 0) is 12.8 Å². The number of pyridine rings is 1. The van der Waals surface area contributed by atoms with E-state index >= 15 is 0 Å². The molecule has 0 saturated heterocycles. The van der Waals surface area contributed by atoms with Gasteiger partial charge < -0.3 is 0 Å². The van der Waals surface area contributed by atoms with Crippen molar-refractivity contribution >= 4 is 10.9 Å². The van der Waals surface area contributed by atoms with Crippen LogP contribution < -0.4 is 0 Å². The molecule has 0 atom stereocenters. The zero-order chi connectivity index (χ0) is 12.2. The van der Waals surface area contributed by atoms with Crippen LogP contribution in [0.3, 0.4) is 0 Å². The lowest BCUT2D eigenvalue weighted by Gasteiger charge is -2.03. The van der Waals surface area contributed by atoms with Crippen molar-refractivity contribution in [3.05, 3.63) is 78.0 Å². The van der Waals surface area contributed by atoms with Crippen LogP contribution in [0.5, 0.6) is 0 Å². The average Bonchev–Trinajstić information content (AvgIpc) is 2.46. The lowest BCUT2D eigenvalue weighted by Crippen LogP contribution is -1.91. The molecule has 3 rings (SSSR count). The molecule has 0 saturated carbocycles. The van der Waals surface area contributed by atoms with E-state index in [0.717, 1.165) is 18.4 Å². The number of hydrogen-bond donors (Lipinski definition) is 0. The summed E-state index contributed by atoms with van der Waals surface area (Å²) in [6, 6.07) is 21.3. The van der Waals surface area contributed by atoms with Crippen LogP contribution in [0.15, 0.2) is 66.9 Å². The third kappa shape index (κ3) is 2.40. The predicted octanol–water partition coefficient (Wildman–Crippen LogP) is 4.02. The fourth-order valence-electron chi connectivity index (χ4n) is 2.21. The quantitative estimate of drug-likeness (QED) is 0.665. The second kappa shape index (κ2) is 5.01. The van der Waals surface area contributed by atoms with Crippen LogP contribution in [0, 0.1) is 0 Å². The minimum Gasteiger partial charge on any atom is -0.256 e. The van der Waals surface area contributed by atoms with Crippen LogP contribution in [0.2, 0.25) is 0 Å². The summed E-state index contributed by atoms with van der Waals surface area (Å²) in [6.45, 7) is 0. The van der Waals surface area contributed by atoms with Crippen molar-refractivity contribution in [2.45, 2.75) is 12.8 Å². The predicted molar refractivity (Wildman–Crippen MR) is 75.6 cm³/mol. The van der Waals surface area contributed by atoms with Gasteiger partial charge in [0.2, 0.25) is 0 Å². The molecule has 0 radical (unpaired) electrons. The Bertz CT molecular complexity index is 644. The molecule has 0 spiro atoms. The van der Waals surface area contributed by atoms with Gasteiger partial charge in [-0.05, 0) is 42.2 Å². The number of aryl methyl sites for hydroxylation is 2. The Morgan fingerprint density at radius 2 is 1.56 bits per heavy atom. The third-order valence-corrected chi connectivity index (χ3v) is 3.21. The first-order chi connectivity index (χ1) is 8.92. The smallest absolute Gasteiger partial charge is 0.0702 e. The molecule has 88 valence electrons. The van der Waals surface area contributed by atoms with Gasteiger partial charge in [0.1, 0.15) is 0 Å². The first-order valence-electron chi connectivity index (χ1n) is 6.29. The Hall–Kier alpha value is -2.15. The molecule has 0 aliphatic rings. The second-order valence-electron chi connectivity index (χ2n) is 4.52. The Kier molecular flexibility index (Phi) is 3.05. The SMILES string of the molecule is c1ccc(CCc2ccc3ncccc3c2)cc1. The maximum absolute atomic E-state index is 4.34. The monoisotopic (exact) mass is 233 g/mol. The van der Waals surface area contributed by atoms with E-state index in [1.54, 1.807) is 0 Å². The van der Waals surface area contributed by atoms with Crippen molar-refractivity contribution in [3.8, 4) is 0 Å². The maximum atomic E-state index is 4.34. The van der Waals surface area contributed by atoms with Crippen LogP contribution in [0.4, 0.5) is 0 Å². The summed E-state index contributed by atoms with van der Waals surface area (Å²) in [4.78, 5) is 4.34. The van der Waals surface area contributed by atoms with Gasteiger partial charge in [-0.15, -0.1) is 0 Å². The van der Waals surface area contributed by atoms with Gasteiger partial charge >= 0.3 is 0 Å². The van der Waals surface area contributed by atoms with Crippen molar-refractivity contribution in [2.24, 2.45) is 0 Å². The number of aromatic nitrogens is 1. The highest BCUT2D eigenvalue weighted by Crippen LogP contribution is 2.15. The molecule has 2 aromatic carbocycles. The summed E-state index contributed by atoms with van der Waals surface area (Å²) in [5.41, 5.74) is 3.84. The van der Waals surface area contributed by atoms with Gasteiger partial charge in [-0.1, -0.05) is 42.5 Å². The molecule has 0 amide bonds. The van der Waals surface area contributed by atoms with E-state index in [2.05, 4.69) is 59.6 Å². The van der Waals surface area contributed by atoms with Crippen LogP contribution in [0.1, 0.15) is 11.1 Å². The number of hydrogen-bond acceptors (Lipinski definition) is 1. The highest BCUT2D eigenvalue weighted by molar-refractivity contribution is 5.78. The number of benzene rings is 2. The Balaban J connectivity index is 1.79. The van der Waals surface area contributed by atoms with Crippen LogP contribution in [-0.4, -0.2) is 4.98 Å². The zero-order valence-electron chi connectivity index (χ0n) is 10.2. The van der Waals surface area contributed by atoms with E-state index in [0.29, 0.717) is 0 Å². The fourth-order valence-corrected chi connectivity index (χ4v) is 2.21.